The number of phenols is 1. The SMILES string of the molecule is C=C(OC(C)OC(=O)CCCC(C=O)C=O)N1CCN(c2cc(=O)c3nc4c(oc3c2)c2c(=O)c3c(O)c(C)c5c(c34)=C(O)[C@@](C)(O/C=C/[C@H](C)[C@@H](C)[C@@H](OC(C)=O)[C@H](C)[C@H](O)[C@H](C)[C@@H](O)[C@@H](C)/C=C/C=C(/C)C(=O)N2)O5)CC1. The van der Waals surface area contributed by atoms with E-state index in [1.165, 1.54) is 53.0 Å². The van der Waals surface area contributed by atoms with Crippen molar-refractivity contribution < 1.29 is 72.5 Å². The second kappa shape index (κ2) is 24.1. The van der Waals surface area contributed by atoms with Crippen LogP contribution < -0.4 is 31.0 Å². The molecule has 1 amide bonds. The van der Waals surface area contributed by atoms with Gasteiger partial charge in [0, 0.05) is 105 Å². The zero-order valence-electron chi connectivity index (χ0n) is 46.1. The lowest BCUT2D eigenvalue weighted by Gasteiger charge is -2.38. The molecule has 21 nitrogen and oxygen atoms in total. The van der Waals surface area contributed by atoms with E-state index in [4.69, 9.17) is 33.1 Å². The maximum Gasteiger partial charge on any atom is 0.308 e. The quantitative estimate of drug-likeness (QED) is 0.0211. The van der Waals surface area contributed by atoms with Crippen molar-refractivity contribution >= 4 is 80.5 Å². The lowest BCUT2D eigenvalue weighted by Crippen LogP contribution is -2.46. The van der Waals surface area contributed by atoms with Gasteiger partial charge in [-0.25, -0.2) is 4.98 Å². The molecule has 3 aliphatic rings. The number of phenolic OH excluding ortho intramolecular Hbond substituents is 1. The van der Waals surface area contributed by atoms with Crippen LogP contribution in [0.1, 0.15) is 87.1 Å². The number of nitrogens with one attached hydrogen (secondary N) is 1. The van der Waals surface area contributed by atoms with Crippen LogP contribution in [0.5, 0.6) is 11.5 Å². The van der Waals surface area contributed by atoms with Gasteiger partial charge in [0.25, 0.3) is 5.91 Å². The molecule has 0 saturated carbocycles. The molecule has 3 aromatic carbocycles. The molecule has 10 atom stereocenters. The zero-order valence-corrected chi connectivity index (χ0v) is 46.1. The fraction of sp³-hybridized carbons (Fsp3) is 0.483. The number of aromatic nitrogens is 1. The number of hydrogen-bond donors (Lipinski definition) is 5. The Morgan fingerprint density at radius 2 is 1.61 bits per heavy atom. The van der Waals surface area contributed by atoms with E-state index in [-0.39, 0.29) is 86.1 Å². The lowest BCUT2D eigenvalue weighted by molar-refractivity contribution is -0.172. The third-order valence-corrected chi connectivity index (χ3v) is 15.4. The van der Waals surface area contributed by atoms with Crippen molar-refractivity contribution in [3.8, 4) is 11.5 Å². The first kappa shape index (κ1) is 58.9. The van der Waals surface area contributed by atoms with Gasteiger partial charge in [-0.15, -0.1) is 0 Å². The molecule has 0 spiro atoms. The Hall–Kier alpha value is -7.78. The van der Waals surface area contributed by atoms with Crippen molar-refractivity contribution in [3.05, 3.63) is 92.0 Å². The molecule has 424 valence electrons. The smallest absolute Gasteiger partial charge is 0.308 e. The first-order valence-corrected chi connectivity index (χ1v) is 26.4. The van der Waals surface area contributed by atoms with Gasteiger partial charge < -0.3 is 73.2 Å². The van der Waals surface area contributed by atoms with E-state index >= 15 is 0 Å². The molecule has 5 bridgehead atoms. The Bertz CT molecular complexity index is 3330. The van der Waals surface area contributed by atoms with E-state index in [0.29, 0.717) is 44.4 Å². The molecule has 5 N–H and O–H groups in total. The van der Waals surface area contributed by atoms with Crippen LogP contribution in [0.2, 0.25) is 0 Å². The number of hydrogen-bond acceptors (Lipinski definition) is 20. The zero-order chi connectivity index (χ0) is 57.9. The Morgan fingerprint density at radius 3 is 2.27 bits per heavy atom. The van der Waals surface area contributed by atoms with Crippen molar-refractivity contribution in [3.63, 3.8) is 0 Å². The molecule has 0 radical (unpaired) electrons. The van der Waals surface area contributed by atoms with Gasteiger partial charge in [0.1, 0.15) is 41.4 Å². The molecule has 3 aliphatic heterocycles. The van der Waals surface area contributed by atoms with Gasteiger partial charge in [-0.05, 0) is 51.2 Å². The summed E-state index contributed by atoms with van der Waals surface area (Å²) >= 11 is 0. The number of aliphatic hydroxyl groups excluding tert-OH is 3. The minimum absolute atomic E-state index is 0.0143. The van der Waals surface area contributed by atoms with Crippen LogP contribution in [0.4, 0.5) is 11.4 Å². The van der Waals surface area contributed by atoms with E-state index in [9.17, 15) is 54.0 Å². The molecule has 21 heteroatoms. The number of esters is 2. The summed E-state index contributed by atoms with van der Waals surface area (Å²) in [7, 11) is 0. The Morgan fingerprint density at radius 1 is 0.924 bits per heavy atom. The third-order valence-electron chi connectivity index (χ3n) is 15.4. The third kappa shape index (κ3) is 12.1. The van der Waals surface area contributed by atoms with Gasteiger partial charge in [0.2, 0.25) is 17.1 Å². The summed E-state index contributed by atoms with van der Waals surface area (Å²) in [5, 5.41) is 49.3. The maximum absolute atomic E-state index is 15.0. The highest BCUT2D eigenvalue weighted by Crippen LogP contribution is 2.42. The highest BCUT2D eigenvalue weighted by Gasteiger charge is 2.44. The number of rotatable bonds is 12. The molecule has 1 fully saturated rings. The molecular weight excluding hydrogens is 1020 g/mol. The summed E-state index contributed by atoms with van der Waals surface area (Å²) in [6, 6.07) is 2.94. The maximum atomic E-state index is 15.0. The Balaban J connectivity index is 1.29. The van der Waals surface area contributed by atoms with Crippen molar-refractivity contribution in [2.75, 3.05) is 36.4 Å². The summed E-state index contributed by atoms with van der Waals surface area (Å²) < 4.78 is 35.9. The number of aliphatic hydroxyl groups is 3. The standard InChI is InChI=1S/C58H70N4O17/c1-28-18-23-74-58(11)56(72)45-43-44(51(70)34(7)54(45)79-58)52(71)48(60-57(73)30(3)15-12-14-29(2)49(68)32(5)50(69)33(6)53(31(28)4)76-36(9)65)55-47(43)59-46-40(66)24-39(25-41(46)78-55)62-21-19-61(20-22-62)35(8)75-37(10)77-42(67)17-13-16-38(26-63)27-64/h12,14-15,18,23-29,31-33,37-38,49-50,53,68-70,72H,8,13,16-17,19-22H2,1-7,9-11H3,(H,60,73)/b14-12+,23-18+,30-15-/t28-,29-,31+,32+,33+,37?,49-,50+,53+,58-/m0/s1. The van der Waals surface area contributed by atoms with E-state index in [1.54, 1.807) is 45.1 Å². The van der Waals surface area contributed by atoms with Crippen LogP contribution in [0.3, 0.4) is 0 Å². The van der Waals surface area contributed by atoms with E-state index in [1.807, 2.05) is 23.6 Å². The minimum atomic E-state index is -1.98. The van der Waals surface area contributed by atoms with E-state index < -0.39 is 106 Å². The van der Waals surface area contributed by atoms with Crippen molar-refractivity contribution in [1.82, 2.24) is 9.88 Å². The molecule has 1 aromatic heterocycles. The number of carbonyl (C=O) groups excluding carboxylic acids is 5. The monoisotopic (exact) mass is 1090 g/mol. The average Bonchev–Trinajstić information content (AvgIpc) is 3.70. The Labute approximate surface area is 455 Å². The van der Waals surface area contributed by atoms with Crippen LogP contribution in [0.15, 0.2) is 74.7 Å². The van der Waals surface area contributed by atoms with Gasteiger partial charge in [0.15, 0.2) is 28.3 Å². The molecule has 4 heterocycles. The second-order valence-corrected chi connectivity index (χ2v) is 21.1. The number of allylic oxidation sites excluding steroid dienone is 3. The summed E-state index contributed by atoms with van der Waals surface area (Å²) in [5.74, 6) is -8.32. The molecule has 7 rings (SSSR count). The summed E-state index contributed by atoms with van der Waals surface area (Å²) in [4.78, 5) is 98.6. The fourth-order valence-corrected chi connectivity index (χ4v) is 10.3. The van der Waals surface area contributed by atoms with Crippen LogP contribution >= 0.6 is 0 Å². The number of amides is 1. The number of benzene rings is 3. The van der Waals surface area contributed by atoms with Gasteiger partial charge in [0.05, 0.1) is 35.0 Å². The highest BCUT2D eigenvalue weighted by atomic mass is 16.7. The molecule has 1 saturated heterocycles. The van der Waals surface area contributed by atoms with E-state index in [2.05, 4.69) is 11.9 Å². The highest BCUT2D eigenvalue weighted by molar-refractivity contribution is 6.17. The average molecular weight is 1100 g/mol. The second-order valence-electron chi connectivity index (χ2n) is 21.1. The van der Waals surface area contributed by atoms with Gasteiger partial charge in [-0.3, -0.25) is 24.0 Å². The fourth-order valence-electron chi connectivity index (χ4n) is 10.3. The van der Waals surface area contributed by atoms with Gasteiger partial charge >= 0.3 is 17.7 Å². The van der Waals surface area contributed by atoms with Gasteiger partial charge in [-0.2, -0.15) is 0 Å². The molecule has 1 unspecified atom stereocenters. The minimum Gasteiger partial charge on any atom is -0.507 e. The molecule has 4 aromatic rings. The van der Waals surface area contributed by atoms with Crippen molar-refractivity contribution in [2.45, 2.75) is 119 Å². The first-order chi connectivity index (χ1) is 37.3. The molecule has 0 aliphatic carbocycles. The number of aldehydes is 2. The number of anilines is 2. The van der Waals surface area contributed by atoms with Crippen LogP contribution in [-0.4, -0.2) is 117 Å². The van der Waals surface area contributed by atoms with Crippen LogP contribution in [0.25, 0.3) is 38.7 Å². The summed E-state index contributed by atoms with van der Waals surface area (Å²) in [6.45, 7) is 21.5. The van der Waals surface area contributed by atoms with Crippen molar-refractivity contribution in [1.29, 1.82) is 0 Å². The Kier molecular flexibility index (Phi) is 17.9. The predicted molar refractivity (Wildman–Crippen MR) is 292 cm³/mol. The number of nitrogens with zero attached hydrogens (tertiary/aromatic N) is 3. The summed E-state index contributed by atoms with van der Waals surface area (Å²) in [6.07, 6.45) is 5.16. The number of aromatic hydroxyl groups is 1. The lowest BCUT2D eigenvalue weighted by atomic mass is 9.77. The summed E-state index contributed by atoms with van der Waals surface area (Å²) in [5.41, 5.74) is -2.12. The normalized spacial score (nSPS) is 26.9. The van der Waals surface area contributed by atoms with Gasteiger partial charge in [-0.1, -0.05) is 52.8 Å². The van der Waals surface area contributed by atoms with Crippen LogP contribution in [0, 0.1) is 42.4 Å². The number of piperazine rings is 1. The number of fused-ring (bicyclic) bond motifs is 5. The molecular formula is C58H70N4O17. The predicted octanol–water partition coefficient (Wildman–Crippen LogP) is 5.86. The number of ether oxygens (including phenoxy) is 5. The molecule has 79 heavy (non-hydrogen) atoms. The topological polar surface area (TPSA) is 291 Å². The van der Waals surface area contributed by atoms with Crippen molar-refractivity contribution in [2.24, 2.45) is 35.5 Å². The number of carbonyl (C=O) groups is 5. The van der Waals surface area contributed by atoms with E-state index in [0.717, 1.165) is 0 Å². The van der Waals surface area contributed by atoms with Crippen LogP contribution in [-0.2, 0) is 42.9 Å². The first-order valence-electron chi connectivity index (χ1n) is 26.4. The largest absolute Gasteiger partial charge is 0.507 e.